The molecule has 0 amide bonds. The van der Waals surface area contributed by atoms with Gasteiger partial charge in [-0.15, -0.1) is 0 Å². The first-order chi connectivity index (χ1) is 6.38. The number of nitrogens with zero attached hydrogens (tertiary/aromatic N) is 2. The van der Waals surface area contributed by atoms with Crippen LogP contribution >= 0.6 is 0 Å². The topological polar surface area (TPSA) is 16.1 Å². The molecule has 0 aliphatic carbocycles. The van der Waals surface area contributed by atoms with Gasteiger partial charge >= 0.3 is 0 Å². The first kappa shape index (κ1) is 8.05. The van der Waals surface area contributed by atoms with Gasteiger partial charge in [-0.2, -0.15) is 0 Å². The molecule has 2 nitrogen and oxygen atoms in total. The van der Waals surface area contributed by atoms with Crippen LogP contribution in [-0.2, 0) is 0 Å². The Morgan fingerprint density at radius 1 is 1.31 bits per heavy atom. The van der Waals surface area contributed by atoms with Crippen LogP contribution in [0.25, 0.3) is 0 Å². The van der Waals surface area contributed by atoms with E-state index in [0.29, 0.717) is 0 Å². The zero-order valence-corrected chi connectivity index (χ0v) is 7.59. The Balaban J connectivity index is 2.27. The summed E-state index contributed by atoms with van der Waals surface area (Å²) in [6, 6.07) is 6.28. The van der Waals surface area contributed by atoms with Crippen LogP contribution in [0.3, 0.4) is 0 Å². The Kier molecular flexibility index (Phi) is 2.13. The van der Waals surface area contributed by atoms with Crippen molar-refractivity contribution in [1.29, 1.82) is 0 Å². The van der Waals surface area contributed by atoms with Crippen molar-refractivity contribution in [1.82, 2.24) is 9.88 Å². The van der Waals surface area contributed by atoms with E-state index in [2.05, 4.69) is 35.3 Å². The minimum Gasteiger partial charge on any atom is -0.368 e. The lowest BCUT2D eigenvalue weighted by Crippen LogP contribution is -2.19. The van der Waals surface area contributed by atoms with E-state index >= 15 is 0 Å². The fourth-order valence-corrected chi connectivity index (χ4v) is 1.44. The normalized spacial score (nSPS) is 20.7. The maximum Gasteiger partial charge on any atom is 0.0891 e. The molecule has 2 heteroatoms. The SMILES string of the molecule is CN1C=CC=CC1c1ccccn1. The van der Waals surface area contributed by atoms with Gasteiger partial charge in [0, 0.05) is 13.2 Å². The third-order valence-corrected chi connectivity index (χ3v) is 2.16. The summed E-state index contributed by atoms with van der Waals surface area (Å²) in [6.45, 7) is 0. The molecule has 66 valence electrons. The molecule has 0 aromatic carbocycles. The molecule has 1 unspecified atom stereocenters. The van der Waals surface area contributed by atoms with Crippen LogP contribution in [0, 0.1) is 0 Å². The smallest absolute Gasteiger partial charge is 0.0891 e. The van der Waals surface area contributed by atoms with E-state index in [1.165, 1.54) is 0 Å². The second-order valence-corrected chi connectivity index (χ2v) is 3.09. The summed E-state index contributed by atoms with van der Waals surface area (Å²) in [4.78, 5) is 6.47. The molecule has 1 atom stereocenters. The molecule has 0 fully saturated rings. The summed E-state index contributed by atoms with van der Waals surface area (Å²) in [7, 11) is 2.05. The molecule has 0 saturated carbocycles. The van der Waals surface area contributed by atoms with Gasteiger partial charge in [0.25, 0.3) is 0 Å². The summed E-state index contributed by atoms with van der Waals surface area (Å²) in [5.41, 5.74) is 1.09. The van der Waals surface area contributed by atoms with E-state index < -0.39 is 0 Å². The molecule has 0 N–H and O–H groups in total. The average molecular weight is 172 g/mol. The van der Waals surface area contributed by atoms with Crippen LogP contribution in [0.4, 0.5) is 0 Å². The molecular formula is C11H12N2. The number of rotatable bonds is 1. The van der Waals surface area contributed by atoms with Gasteiger partial charge in [-0.3, -0.25) is 4.98 Å². The second-order valence-electron chi connectivity index (χ2n) is 3.09. The predicted molar refractivity (Wildman–Crippen MR) is 53.0 cm³/mol. The number of hydrogen-bond acceptors (Lipinski definition) is 2. The first-order valence-electron chi connectivity index (χ1n) is 4.36. The quantitative estimate of drug-likeness (QED) is 0.645. The van der Waals surface area contributed by atoms with Crippen LogP contribution in [0.1, 0.15) is 11.7 Å². The van der Waals surface area contributed by atoms with Crippen molar-refractivity contribution in [3.05, 3.63) is 54.5 Å². The molecule has 2 rings (SSSR count). The van der Waals surface area contributed by atoms with Crippen molar-refractivity contribution in [2.45, 2.75) is 6.04 Å². The van der Waals surface area contributed by atoms with E-state index in [1.807, 2.05) is 30.5 Å². The molecule has 2 heterocycles. The molecule has 13 heavy (non-hydrogen) atoms. The first-order valence-corrected chi connectivity index (χ1v) is 4.36. The van der Waals surface area contributed by atoms with Crippen LogP contribution in [-0.4, -0.2) is 16.9 Å². The van der Waals surface area contributed by atoms with E-state index in [4.69, 9.17) is 0 Å². The fraction of sp³-hybridized carbons (Fsp3) is 0.182. The highest BCUT2D eigenvalue weighted by Gasteiger charge is 2.13. The number of allylic oxidation sites excluding steroid dienone is 2. The summed E-state index contributed by atoms with van der Waals surface area (Å²) < 4.78 is 0. The van der Waals surface area contributed by atoms with Crippen LogP contribution in [0.5, 0.6) is 0 Å². The number of pyridine rings is 1. The Labute approximate surface area is 78.2 Å². The number of likely N-dealkylation sites (N-methyl/N-ethyl adjacent to an activating group) is 1. The number of hydrogen-bond donors (Lipinski definition) is 0. The maximum absolute atomic E-state index is 4.33. The van der Waals surface area contributed by atoms with E-state index in [9.17, 15) is 0 Å². The highest BCUT2D eigenvalue weighted by molar-refractivity contribution is 5.21. The molecule has 0 saturated heterocycles. The standard InChI is InChI=1S/C11H12N2/c1-13-9-5-3-7-11(13)10-6-2-4-8-12-10/h2-9,11H,1H3. The second kappa shape index (κ2) is 3.44. The van der Waals surface area contributed by atoms with Crippen LogP contribution < -0.4 is 0 Å². The summed E-state index contributed by atoms with van der Waals surface area (Å²) in [5, 5.41) is 0. The monoisotopic (exact) mass is 172 g/mol. The van der Waals surface area contributed by atoms with Crippen molar-refractivity contribution in [2.24, 2.45) is 0 Å². The molecule has 1 aliphatic heterocycles. The third kappa shape index (κ3) is 1.61. The van der Waals surface area contributed by atoms with Gasteiger partial charge in [0.05, 0.1) is 11.7 Å². The lowest BCUT2D eigenvalue weighted by atomic mass is 10.1. The predicted octanol–water partition coefficient (Wildman–Crippen LogP) is 2.14. The van der Waals surface area contributed by atoms with Gasteiger partial charge < -0.3 is 4.90 Å². The van der Waals surface area contributed by atoms with Crippen molar-refractivity contribution < 1.29 is 0 Å². The third-order valence-electron chi connectivity index (χ3n) is 2.16. The minimum absolute atomic E-state index is 0.284. The zero-order valence-electron chi connectivity index (χ0n) is 7.59. The fourth-order valence-electron chi connectivity index (χ4n) is 1.44. The Bertz CT molecular complexity index is 327. The van der Waals surface area contributed by atoms with Crippen LogP contribution in [0.15, 0.2) is 48.8 Å². The van der Waals surface area contributed by atoms with Crippen LogP contribution in [0.2, 0.25) is 0 Å². The van der Waals surface area contributed by atoms with Crippen molar-refractivity contribution >= 4 is 0 Å². The molecule has 1 aliphatic rings. The maximum atomic E-state index is 4.33. The summed E-state index contributed by atoms with van der Waals surface area (Å²) >= 11 is 0. The largest absolute Gasteiger partial charge is 0.368 e. The highest BCUT2D eigenvalue weighted by Crippen LogP contribution is 2.21. The van der Waals surface area contributed by atoms with E-state index in [-0.39, 0.29) is 6.04 Å². The lowest BCUT2D eigenvalue weighted by molar-refractivity contribution is 0.383. The lowest BCUT2D eigenvalue weighted by Gasteiger charge is -2.25. The Hall–Kier alpha value is -1.57. The van der Waals surface area contributed by atoms with Gasteiger partial charge in [-0.25, -0.2) is 0 Å². The Morgan fingerprint density at radius 2 is 2.23 bits per heavy atom. The minimum atomic E-state index is 0.284. The van der Waals surface area contributed by atoms with E-state index in [1.54, 1.807) is 0 Å². The van der Waals surface area contributed by atoms with E-state index in [0.717, 1.165) is 5.69 Å². The highest BCUT2D eigenvalue weighted by atomic mass is 15.1. The molecule has 0 radical (unpaired) electrons. The molecule has 0 spiro atoms. The zero-order chi connectivity index (χ0) is 9.10. The Morgan fingerprint density at radius 3 is 2.92 bits per heavy atom. The van der Waals surface area contributed by atoms with Gasteiger partial charge in [-0.1, -0.05) is 18.2 Å². The van der Waals surface area contributed by atoms with Gasteiger partial charge in [0.1, 0.15) is 0 Å². The van der Waals surface area contributed by atoms with Crippen molar-refractivity contribution in [3.8, 4) is 0 Å². The molecule has 1 aromatic rings. The summed E-state index contributed by atoms with van der Waals surface area (Å²) in [6.07, 6.45) is 10.1. The van der Waals surface area contributed by atoms with Gasteiger partial charge in [-0.05, 0) is 24.4 Å². The van der Waals surface area contributed by atoms with Gasteiger partial charge in [0.15, 0.2) is 0 Å². The van der Waals surface area contributed by atoms with Gasteiger partial charge in [0.2, 0.25) is 0 Å². The summed E-state index contributed by atoms with van der Waals surface area (Å²) in [5.74, 6) is 0. The molecular weight excluding hydrogens is 160 g/mol. The van der Waals surface area contributed by atoms with Crippen molar-refractivity contribution in [2.75, 3.05) is 7.05 Å². The van der Waals surface area contributed by atoms with Crippen molar-refractivity contribution in [3.63, 3.8) is 0 Å². The average Bonchev–Trinajstić information content (AvgIpc) is 2.20. The molecule has 0 bridgehead atoms. The molecule has 1 aromatic heterocycles. The number of aromatic nitrogens is 1.